The van der Waals surface area contributed by atoms with Gasteiger partial charge in [0, 0.05) is 30.6 Å². The summed E-state index contributed by atoms with van der Waals surface area (Å²) >= 11 is 0. The first kappa shape index (κ1) is 11.5. The Morgan fingerprint density at radius 2 is 2.06 bits per heavy atom. The molecule has 0 aromatic heterocycles. The van der Waals surface area contributed by atoms with Gasteiger partial charge in [0.1, 0.15) is 0 Å². The van der Waals surface area contributed by atoms with E-state index in [1.807, 2.05) is 0 Å². The summed E-state index contributed by atoms with van der Waals surface area (Å²) in [5, 5.41) is 3.65. The third kappa shape index (κ3) is 1.88. The molecule has 17 heavy (non-hydrogen) atoms. The zero-order valence-electron chi connectivity index (χ0n) is 10.9. The molecule has 3 nitrogen and oxygen atoms in total. The summed E-state index contributed by atoms with van der Waals surface area (Å²) in [6, 6.07) is 1.25. The van der Waals surface area contributed by atoms with Crippen LogP contribution in [0.4, 0.5) is 0 Å². The van der Waals surface area contributed by atoms with E-state index in [9.17, 15) is 4.79 Å². The lowest BCUT2D eigenvalue weighted by atomic mass is 9.66. The van der Waals surface area contributed by atoms with Crippen LogP contribution >= 0.6 is 0 Å². The number of amides is 1. The van der Waals surface area contributed by atoms with E-state index in [-0.39, 0.29) is 5.41 Å². The summed E-state index contributed by atoms with van der Waals surface area (Å²) < 4.78 is 0. The fourth-order valence-corrected chi connectivity index (χ4v) is 3.79. The minimum Gasteiger partial charge on any atom is -0.341 e. The molecule has 0 radical (unpaired) electrons. The first-order valence-electron chi connectivity index (χ1n) is 7.29. The van der Waals surface area contributed by atoms with Crippen LogP contribution in [0.25, 0.3) is 0 Å². The summed E-state index contributed by atoms with van der Waals surface area (Å²) in [7, 11) is 0. The molecule has 2 heterocycles. The Bertz CT molecular complexity index is 306. The molecular weight excluding hydrogens is 212 g/mol. The summed E-state index contributed by atoms with van der Waals surface area (Å²) in [6.45, 7) is 4.12. The highest BCUT2D eigenvalue weighted by molar-refractivity contribution is 5.83. The third-order valence-electron chi connectivity index (χ3n) is 5.25. The average molecular weight is 236 g/mol. The van der Waals surface area contributed by atoms with Crippen LogP contribution in [0, 0.1) is 5.41 Å². The van der Waals surface area contributed by atoms with E-state index in [2.05, 4.69) is 17.1 Å². The van der Waals surface area contributed by atoms with Gasteiger partial charge in [0.15, 0.2) is 0 Å². The predicted molar refractivity (Wildman–Crippen MR) is 67.7 cm³/mol. The molecule has 2 aliphatic heterocycles. The molecule has 1 amide bonds. The molecule has 0 spiro atoms. The number of hydrogen-bond donors (Lipinski definition) is 1. The van der Waals surface area contributed by atoms with Crippen LogP contribution in [0.2, 0.25) is 0 Å². The van der Waals surface area contributed by atoms with Crippen LogP contribution in [0.3, 0.4) is 0 Å². The highest BCUT2D eigenvalue weighted by Gasteiger charge is 2.45. The van der Waals surface area contributed by atoms with E-state index in [0.717, 1.165) is 38.8 Å². The maximum Gasteiger partial charge on any atom is 0.228 e. The van der Waals surface area contributed by atoms with Crippen molar-refractivity contribution in [1.82, 2.24) is 10.2 Å². The number of carbonyl (C=O) groups excluding carboxylic acids is 1. The molecule has 1 aliphatic carbocycles. The minimum atomic E-state index is 0.0313. The molecule has 2 saturated heterocycles. The molecule has 3 aliphatic rings. The van der Waals surface area contributed by atoms with Crippen LogP contribution in [-0.2, 0) is 4.79 Å². The van der Waals surface area contributed by atoms with E-state index in [4.69, 9.17) is 0 Å². The lowest BCUT2D eigenvalue weighted by Gasteiger charge is -2.43. The normalized spacial score (nSPS) is 35.2. The van der Waals surface area contributed by atoms with Gasteiger partial charge in [0.25, 0.3) is 0 Å². The quantitative estimate of drug-likeness (QED) is 0.794. The van der Waals surface area contributed by atoms with Gasteiger partial charge in [-0.05, 0) is 38.5 Å². The van der Waals surface area contributed by atoms with Crippen molar-refractivity contribution in [2.75, 3.05) is 13.1 Å². The zero-order chi connectivity index (χ0) is 11.9. The standard InChI is InChI=1S/C14H24N2O/c1-2-14(7-3-8-14)13(17)16-9-6-11-4-5-12(10-16)15-11/h11-12,15H,2-10H2,1H3. The molecule has 96 valence electrons. The maximum absolute atomic E-state index is 12.7. The Kier molecular flexibility index (Phi) is 2.89. The van der Waals surface area contributed by atoms with Gasteiger partial charge < -0.3 is 10.2 Å². The Morgan fingerprint density at radius 3 is 2.71 bits per heavy atom. The average Bonchev–Trinajstić information content (AvgIpc) is 2.57. The molecule has 0 aromatic rings. The van der Waals surface area contributed by atoms with Crippen molar-refractivity contribution in [3.8, 4) is 0 Å². The van der Waals surface area contributed by atoms with Gasteiger partial charge in [-0.15, -0.1) is 0 Å². The highest BCUT2D eigenvalue weighted by atomic mass is 16.2. The van der Waals surface area contributed by atoms with Crippen molar-refractivity contribution in [1.29, 1.82) is 0 Å². The number of nitrogens with one attached hydrogen (secondary N) is 1. The number of nitrogens with zero attached hydrogens (tertiary/aromatic N) is 1. The van der Waals surface area contributed by atoms with Gasteiger partial charge >= 0.3 is 0 Å². The van der Waals surface area contributed by atoms with Crippen molar-refractivity contribution < 1.29 is 4.79 Å². The van der Waals surface area contributed by atoms with Crippen molar-refractivity contribution in [3.05, 3.63) is 0 Å². The lowest BCUT2D eigenvalue weighted by molar-refractivity contribution is -0.148. The van der Waals surface area contributed by atoms with Gasteiger partial charge in [-0.1, -0.05) is 13.3 Å². The number of likely N-dealkylation sites (tertiary alicyclic amines) is 1. The molecule has 1 N–H and O–H groups in total. The number of carbonyl (C=O) groups is 1. The molecule has 2 unspecified atom stereocenters. The fourth-order valence-electron chi connectivity index (χ4n) is 3.79. The van der Waals surface area contributed by atoms with Crippen LogP contribution < -0.4 is 5.32 Å². The molecule has 1 saturated carbocycles. The fraction of sp³-hybridized carbons (Fsp3) is 0.929. The summed E-state index contributed by atoms with van der Waals surface area (Å²) in [6.07, 6.45) is 8.25. The van der Waals surface area contributed by atoms with Gasteiger partial charge in [-0.25, -0.2) is 0 Å². The molecule has 3 fully saturated rings. The number of hydrogen-bond acceptors (Lipinski definition) is 2. The van der Waals surface area contributed by atoms with E-state index >= 15 is 0 Å². The second kappa shape index (κ2) is 4.27. The minimum absolute atomic E-state index is 0.0313. The first-order chi connectivity index (χ1) is 8.23. The van der Waals surface area contributed by atoms with E-state index < -0.39 is 0 Å². The van der Waals surface area contributed by atoms with Crippen molar-refractivity contribution in [3.63, 3.8) is 0 Å². The van der Waals surface area contributed by atoms with E-state index in [0.29, 0.717) is 18.0 Å². The van der Waals surface area contributed by atoms with Crippen LogP contribution in [-0.4, -0.2) is 36.0 Å². The van der Waals surface area contributed by atoms with Gasteiger partial charge in [-0.2, -0.15) is 0 Å². The van der Waals surface area contributed by atoms with Gasteiger partial charge in [0.2, 0.25) is 5.91 Å². The number of fused-ring (bicyclic) bond motifs is 2. The Balaban J connectivity index is 1.69. The lowest BCUT2D eigenvalue weighted by Crippen LogP contribution is -2.50. The zero-order valence-corrected chi connectivity index (χ0v) is 10.9. The topological polar surface area (TPSA) is 32.3 Å². The van der Waals surface area contributed by atoms with Crippen molar-refractivity contribution in [2.45, 2.75) is 64.0 Å². The SMILES string of the molecule is CCC1(C(=O)N2CCC3CCC(C2)N3)CCC1. The predicted octanol–water partition coefficient (Wildman–Crippen LogP) is 1.92. The molecular formula is C14H24N2O. The molecule has 0 aromatic carbocycles. The van der Waals surface area contributed by atoms with Gasteiger partial charge in [0.05, 0.1) is 0 Å². The molecule has 3 heteroatoms. The Morgan fingerprint density at radius 1 is 1.29 bits per heavy atom. The Labute approximate surface area is 104 Å². The molecule has 2 bridgehead atoms. The largest absolute Gasteiger partial charge is 0.341 e. The molecule has 3 rings (SSSR count). The summed E-state index contributed by atoms with van der Waals surface area (Å²) in [5.74, 6) is 0.459. The molecule has 2 atom stereocenters. The summed E-state index contributed by atoms with van der Waals surface area (Å²) in [4.78, 5) is 14.8. The van der Waals surface area contributed by atoms with Crippen LogP contribution in [0.15, 0.2) is 0 Å². The first-order valence-corrected chi connectivity index (χ1v) is 7.29. The maximum atomic E-state index is 12.7. The monoisotopic (exact) mass is 236 g/mol. The van der Waals surface area contributed by atoms with Crippen LogP contribution in [0.1, 0.15) is 51.9 Å². The Hall–Kier alpha value is -0.570. The van der Waals surface area contributed by atoms with E-state index in [1.54, 1.807) is 0 Å². The van der Waals surface area contributed by atoms with Crippen LogP contribution in [0.5, 0.6) is 0 Å². The second-order valence-corrected chi connectivity index (χ2v) is 6.17. The smallest absolute Gasteiger partial charge is 0.228 e. The van der Waals surface area contributed by atoms with Crippen molar-refractivity contribution in [2.24, 2.45) is 5.41 Å². The van der Waals surface area contributed by atoms with Crippen molar-refractivity contribution >= 4 is 5.91 Å². The highest BCUT2D eigenvalue weighted by Crippen LogP contribution is 2.45. The van der Waals surface area contributed by atoms with Gasteiger partial charge in [-0.3, -0.25) is 4.79 Å². The second-order valence-electron chi connectivity index (χ2n) is 6.17. The number of rotatable bonds is 2. The summed E-state index contributed by atoms with van der Waals surface area (Å²) in [5.41, 5.74) is 0.0313. The third-order valence-corrected chi connectivity index (χ3v) is 5.25. The van der Waals surface area contributed by atoms with E-state index in [1.165, 1.54) is 19.3 Å².